The average molecular weight is 435 g/mol. The fourth-order valence-corrected chi connectivity index (χ4v) is 4.86. The lowest BCUT2D eigenvalue weighted by atomic mass is 9.91. The maximum atomic E-state index is 12.3. The molecule has 0 spiro atoms. The molecule has 5 nitrogen and oxygen atoms in total. The van der Waals surface area contributed by atoms with E-state index in [-0.39, 0.29) is 11.9 Å². The summed E-state index contributed by atoms with van der Waals surface area (Å²) < 4.78 is 0. The van der Waals surface area contributed by atoms with Crippen molar-refractivity contribution in [2.45, 2.75) is 42.7 Å². The lowest BCUT2D eigenvalue weighted by Gasteiger charge is -2.30. The van der Waals surface area contributed by atoms with E-state index in [0.29, 0.717) is 11.8 Å². The molecular formula is C25H30N4OS. The molecule has 2 N–H and O–H groups in total. The molecule has 1 aromatic heterocycles. The van der Waals surface area contributed by atoms with Crippen LogP contribution in [-0.2, 0) is 4.79 Å². The minimum atomic E-state index is 0.122. The predicted octanol–water partition coefficient (Wildman–Crippen LogP) is 4.93. The largest absolute Gasteiger partial charge is 0.377 e. The molecule has 3 aromatic rings. The fraction of sp³-hybridized carbons (Fsp3) is 0.360. The number of carbonyl (C=O) groups excluding carboxylic acids is 1. The highest BCUT2D eigenvalue weighted by Crippen LogP contribution is 2.29. The van der Waals surface area contributed by atoms with Crippen molar-refractivity contribution in [1.82, 2.24) is 10.3 Å². The predicted molar refractivity (Wildman–Crippen MR) is 131 cm³/mol. The van der Waals surface area contributed by atoms with Gasteiger partial charge in [0.2, 0.25) is 5.91 Å². The highest BCUT2D eigenvalue weighted by Gasteiger charge is 2.23. The molecule has 1 amide bonds. The normalized spacial score (nSPS) is 18.5. The molecule has 0 unspecified atom stereocenters. The Morgan fingerprint density at radius 3 is 2.42 bits per heavy atom. The molecule has 162 valence electrons. The smallest absolute Gasteiger partial charge is 0.230 e. The number of thioether (sulfide) groups is 1. The van der Waals surface area contributed by atoms with Crippen LogP contribution in [0.1, 0.15) is 25.7 Å². The number of hydrogen-bond acceptors (Lipinski definition) is 5. The highest BCUT2D eigenvalue weighted by atomic mass is 32.2. The first kappa shape index (κ1) is 21.5. The van der Waals surface area contributed by atoms with Gasteiger partial charge in [0.1, 0.15) is 5.82 Å². The zero-order chi connectivity index (χ0) is 21.6. The third-order valence-corrected chi connectivity index (χ3v) is 6.75. The Hall–Kier alpha value is -2.73. The van der Waals surface area contributed by atoms with Gasteiger partial charge in [-0.3, -0.25) is 4.79 Å². The quantitative estimate of drug-likeness (QED) is 0.516. The highest BCUT2D eigenvalue weighted by molar-refractivity contribution is 8.00. The molecule has 1 heterocycles. The minimum Gasteiger partial charge on any atom is -0.377 e. The lowest BCUT2D eigenvalue weighted by molar-refractivity contribution is -0.119. The molecule has 0 saturated heterocycles. The van der Waals surface area contributed by atoms with E-state index in [1.165, 1.54) is 5.69 Å². The van der Waals surface area contributed by atoms with E-state index in [0.717, 1.165) is 47.3 Å². The van der Waals surface area contributed by atoms with Crippen LogP contribution in [0.2, 0.25) is 0 Å². The van der Waals surface area contributed by atoms with Gasteiger partial charge in [-0.1, -0.05) is 36.4 Å². The molecule has 6 heteroatoms. The molecule has 1 aliphatic rings. The number of hydrogen-bond donors (Lipinski definition) is 2. The molecule has 4 rings (SSSR count). The maximum Gasteiger partial charge on any atom is 0.230 e. The van der Waals surface area contributed by atoms with Crippen LogP contribution in [0, 0.1) is 0 Å². The van der Waals surface area contributed by atoms with E-state index >= 15 is 0 Å². The standard InChI is InChI=1S/C25H30N4OS/c1-29(2)23-16-24(28-22-11-7-6-10-21(22)23)26-18-12-14-19(15-13-18)27-25(30)17-31-20-8-4-3-5-9-20/h3-11,16,18-19H,12-15,17H2,1-2H3,(H,26,28)(H,27,30)/t18-,19+. The Kier molecular flexibility index (Phi) is 6.97. The maximum absolute atomic E-state index is 12.3. The van der Waals surface area contributed by atoms with Gasteiger partial charge in [-0.25, -0.2) is 4.98 Å². The van der Waals surface area contributed by atoms with Gasteiger partial charge < -0.3 is 15.5 Å². The van der Waals surface area contributed by atoms with Gasteiger partial charge in [-0.05, 0) is 43.9 Å². The number of nitrogens with zero attached hydrogens (tertiary/aromatic N) is 2. The number of amides is 1. The first-order valence-electron chi connectivity index (χ1n) is 10.9. The Morgan fingerprint density at radius 1 is 1.00 bits per heavy atom. The molecule has 1 saturated carbocycles. The van der Waals surface area contributed by atoms with Crippen LogP contribution < -0.4 is 15.5 Å². The lowest BCUT2D eigenvalue weighted by Crippen LogP contribution is -2.41. The Balaban J connectivity index is 1.29. The summed E-state index contributed by atoms with van der Waals surface area (Å²) in [5, 5.41) is 8.01. The second kappa shape index (κ2) is 10.1. The van der Waals surface area contributed by atoms with Crippen LogP contribution in [0.15, 0.2) is 65.6 Å². The summed E-state index contributed by atoms with van der Waals surface area (Å²) in [6.07, 6.45) is 4.05. The molecule has 1 fully saturated rings. The zero-order valence-electron chi connectivity index (χ0n) is 18.2. The summed E-state index contributed by atoms with van der Waals surface area (Å²) in [6.45, 7) is 0. The number of fused-ring (bicyclic) bond motifs is 1. The second-order valence-electron chi connectivity index (χ2n) is 8.30. The number of benzene rings is 2. The molecule has 0 bridgehead atoms. The summed E-state index contributed by atoms with van der Waals surface area (Å²) in [7, 11) is 4.13. The fourth-order valence-electron chi connectivity index (χ4n) is 4.13. The van der Waals surface area contributed by atoms with E-state index < -0.39 is 0 Å². The Labute approximate surface area is 188 Å². The summed E-state index contributed by atoms with van der Waals surface area (Å²) in [5.74, 6) is 1.52. The first-order chi connectivity index (χ1) is 15.1. The summed E-state index contributed by atoms with van der Waals surface area (Å²) in [6, 6.07) is 21.1. The number of nitrogens with one attached hydrogen (secondary N) is 2. The molecule has 31 heavy (non-hydrogen) atoms. The minimum absolute atomic E-state index is 0.122. The van der Waals surface area contributed by atoms with Crippen molar-refractivity contribution in [3.8, 4) is 0 Å². The third-order valence-electron chi connectivity index (χ3n) is 5.73. The van der Waals surface area contributed by atoms with Gasteiger partial charge in [-0.15, -0.1) is 11.8 Å². The summed E-state index contributed by atoms with van der Waals surface area (Å²) in [4.78, 5) is 20.4. The van der Waals surface area contributed by atoms with Gasteiger partial charge in [0, 0.05) is 48.2 Å². The van der Waals surface area contributed by atoms with Crippen LogP contribution in [-0.4, -0.2) is 42.8 Å². The molecular weight excluding hydrogens is 404 g/mol. The van der Waals surface area contributed by atoms with Crippen LogP contribution in [0.3, 0.4) is 0 Å². The van der Waals surface area contributed by atoms with E-state index in [2.05, 4.69) is 53.9 Å². The van der Waals surface area contributed by atoms with Crippen molar-refractivity contribution < 1.29 is 4.79 Å². The number of pyridine rings is 1. The van der Waals surface area contributed by atoms with Crippen molar-refractivity contribution in [3.63, 3.8) is 0 Å². The topological polar surface area (TPSA) is 57.3 Å². The van der Waals surface area contributed by atoms with Gasteiger partial charge in [-0.2, -0.15) is 0 Å². The average Bonchev–Trinajstić information content (AvgIpc) is 2.79. The van der Waals surface area contributed by atoms with Crippen molar-refractivity contribution in [2.75, 3.05) is 30.1 Å². The van der Waals surface area contributed by atoms with Gasteiger partial charge >= 0.3 is 0 Å². The Morgan fingerprint density at radius 2 is 1.68 bits per heavy atom. The van der Waals surface area contributed by atoms with E-state index in [4.69, 9.17) is 4.98 Å². The number of anilines is 2. The number of carbonyl (C=O) groups is 1. The van der Waals surface area contributed by atoms with E-state index in [1.54, 1.807) is 11.8 Å². The van der Waals surface area contributed by atoms with Crippen molar-refractivity contribution in [1.29, 1.82) is 0 Å². The van der Waals surface area contributed by atoms with Crippen LogP contribution in [0.25, 0.3) is 10.9 Å². The van der Waals surface area contributed by atoms with Crippen molar-refractivity contribution in [2.24, 2.45) is 0 Å². The second-order valence-corrected chi connectivity index (χ2v) is 9.35. The SMILES string of the molecule is CN(C)c1cc(N[C@H]2CC[C@@H](NC(=O)CSc3ccccc3)CC2)nc2ccccc12. The van der Waals surface area contributed by atoms with Crippen molar-refractivity contribution in [3.05, 3.63) is 60.7 Å². The van der Waals surface area contributed by atoms with Gasteiger partial charge in [0.15, 0.2) is 0 Å². The molecule has 1 aliphatic carbocycles. The number of aromatic nitrogens is 1. The first-order valence-corrected chi connectivity index (χ1v) is 11.9. The van der Waals surface area contributed by atoms with Crippen LogP contribution in [0.5, 0.6) is 0 Å². The van der Waals surface area contributed by atoms with Crippen LogP contribution >= 0.6 is 11.8 Å². The summed E-state index contributed by atoms with van der Waals surface area (Å²) >= 11 is 1.59. The molecule has 0 radical (unpaired) electrons. The molecule has 2 aromatic carbocycles. The summed E-state index contributed by atoms with van der Waals surface area (Å²) in [5.41, 5.74) is 2.18. The van der Waals surface area contributed by atoms with Crippen molar-refractivity contribution >= 4 is 40.1 Å². The van der Waals surface area contributed by atoms with Gasteiger partial charge in [0.05, 0.1) is 11.3 Å². The van der Waals surface area contributed by atoms with E-state index in [1.807, 2.05) is 36.4 Å². The molecule has 0 atom stereocenters. The number of rotatable bonds is 7. The van der Waals surface area contributed by atoms with Crippen LogP contribution in [0.4, 0.5) is 11.5 Å². The third kappa shape index (κ3) is 5.70. The Bertz CT molecular complexity index is 1020. The molecule has 0 aliphatic heterocycles. The van der Waals surface area contributed by atoms with E-state index in [9.17, 15) is 4.79 Å². The van der Waals surface area contributed by atoms with Gasteiger partial charge in [0.25, 0.3) is 0 Å². The monoisotopic (exact) mass is 434 g/mol. The zero-order valence-corrected chi connectivity index (χ0v) is 19.0. The number of para-hydroxylation sites is 1.